The second-order valence-electron chi connectivity index (χ2n) is 19.5. The molecule has 0 aliphatic carbocycles. The van der Waals surface area contributed by atoms with E-state index in [4.69, 9.17) is 18.5 Å². The van der Waals surface area contributed by atoms with E-state index in [0.29, 0.717) is 16.8 Å². The van der Waals surface area contributed by atoms with Gasteiger partial charge in [0, 0.05) is 52.4 Å². The third kappa shape index (κ3) is 6.07. The van der Waals surface area contributed by atoms with Crippen molar-refractivity contribution in [3.8, 4) is 23.0 Å². The van der Waals surface area contributed by atoms with Gasteiger partial charge in [-0.2, -0.15) is 0 Å². The van der Waals surface area contributed by atoms with Crippen LogP contribution >= 0.6 is 7.60 Å². The summed E-state index contributed by atoms with van der Waals surface area (Å²) in [7, 11) is -3.97. The Kier molecular flexibility index (Phi) is 9.03. The van der Waals surface area contributed by atoms with Gasteiger partial charge in [0.15, 0.2) is 0 Å². The van der Waals surface area contributed by atoms with Crippen molar-refractivity contribution in [2.45, 2.75) is 99.2 Å². The van der Waals surface area contributed by atoms with Crippen molar-refractivity contribution in [3.63, 3.8) is 0 Å². The smallest absolute Gasteiger partial charge is 0.457 e. The first-order valence-electron chi connectivity index (χ1n) is 23.1. The van der Waals surface area contributed by atoms with Crippen LogP contribution in [0.25, 0.3) is 0 Å². The fraction of sp³-hybridized carbons (Fsp3) is 0.309. The first-order chi connectivity index (χ1) is 31.5. The summed E-state index contributed by atoms with van der Waals surface area (Å²) in [5.74, 6) is 2.48. The molecular formula is C55H55N4O5P. The molecule has 9 nitrogen and oxygen atoms in total. The summed E-state index contributed by atoms with van der Waals surface area (Å²) in [6, 6.07) is 42.6. The Labute approximate surface area is 381 Å². The molecule has 4 N–H and O–H groups in total. The van der Waals surface area contributed by atoms with E-state index in [1.54, 1.807) is 0 Å². The molecule has 20 bridgehead atoms. The topological polar surface area (TPSA) is 102 Å². The standard InChI is InChI=1S/C55H55N4O5P/c1-52-35-12-8-16-39(30-35)61-34-62-40-17-9-13-36(31-40)53(2,45-23-22-44(52)56-45)47-25-27-49(58-47)55(4)38-15-11-19-42(33-38)64-65(60,43-20-6-5-7-21-43)63-41-18-10-14-37(32-41)54(3,48-26-24-46(52)57-48)50-28-29-51(55)59-50/h5-22,24-25,29-33,45,48-50,56-59H,23,26-28,34H2,1-4H3/t45?,48?,49?,50?,52-,53+,54-,55+,65?/m1/s1. The molecule has 0 spiro atoms. The maximum atomic E-state index is 15.4. The number of benzene rings is 5. The van der Waals surface area contributed by atoms with Crippen LogP contribution in [0.5, 0.6) is 23.0 Å². The highest BCUT2D eigenvalue weighted by Gasteiger charge is 2.55. The van der Waals surface area contributed by atoms with E-state index >= 15 is 4.57 Å². The molecule has 5 aromatic rings. The van der Waals surface area contributed by atoms with Crippen molar-refractivity contribution in [2.24, 2.45) is 0 Å². The van der Waals surface area contributed by atoms with Crippen LogP contribution < -0.4 is 45.1 Å². The Morgan fingerprint density at radius 3 is 1.46 bits per heavy atom. The van der Waals surface area contributed by atoms with Gasteiger partial charge in [-0.25, -0.2) is 4.57 Å². The van der Waals surface area contributed by atoms with Crippen molar-refractivity contribution in [1.82, 2.24) is 21.3 Å². The van der Waals surface area contributed by atoms with Gasteiger partial charge in [0.25, 0.3) is 0 Å². The minimum absolute atomic E-state index is 0.00633. The Bertz CT molecular complexity index is 2930. The van der Waals surface area contributed by atoms with E-state index in [1.165, 1.54) is 0 Å². The molecular weight excluding hydrogens is 828 g/mol. The van der Waals surface area contributed by atoms with Crippen molar-refractivity contribution < 1.29 is 23.1 Å². The summed E-state index contributed by atoms with van der Waals surface area (Å²) in [6.07, 6.45) is 12.9. The van der Waals surface area contributed by atoms with Crippen molar-refractivity contribution in [1.29, 1.82) is 0 Å². The van der Waals surface area contributed by atoms with Crippen molar-refractivity contribution in [2.75, 3.05) is 6.79 Å². The molecule has 330 valence electrons. The largest absolute Gasteiger partial charge is 0.462 e. The van der Waals surface area contributed by atoms with Gasteiger partial charge in [-0.1, -0.05) is 98.0 Å². The third-order valence-corrected chi connectivity index (χ3v) is 18.1. The average molecular weight is 883 g/mol. The van der Waals surface area contributed by atoms with E-state index in [1.807, 2.05) is 66.7 Å². The number of ether oxygens (including phenoxy) is 2. The molecule has 7 aliphatic heterocycles. The predicted octanol–water partition coefficient (Wildman–Crippen LogP) is 9.83. The zero-order valence-corrected chi connectivity index (χ0v) is 38.2. The molecule has 5 unspecified atom stereocenters. The van der Waals surface area contributed by atoms with Crippen LogP contribution in [-0.4, -0.2) is 31.0 Å². The zero-order valence-electron chi connectivity index (χ0n) is 37.3. The van der Waals surface area contributed by atoms with Crippen molar-refractivity contribution >= 4 is 12.9 Å². The van der Waals surface area contributed by atoms with Crippen LogP contribution in [0.15, 0.2) is 174 Å². The molecule has 65 heavy (non-hydrogen) atoms. The van der Waals surface area contributed by atoms with Gasteiger partial charge < -0.3 is 39.8 Å². The summed E-state index contributed by atoms with van der Waals surface area (Å²) >= 11 is 0. The van der Waals surface area contributed by atoms with Gasteiger partial charge in [-0.15, -0.1) is 0 Å². The number of fused-ring (bicyclic) bond motifs is 20. The lowest BCUT2D eigenvalue weighted by molar-refractivity contribution is 0.119. The predicted molar refractivity (Wildman–Crippen MR) is 255 cm³/mol. The molecule has 7 heterocycles. The van der Waals surface area contributed by atoms with Crippen LogP contribution in [0.4, 0.5) is 0 Å². The van der Waals surface area contributed by atoms with E-state index in [9.17, 15) is 0 Å². The summed E-state index contributed by atoms with van der Waals surface area (Å²) in [5, 5.41) is 17.4. The van der Waals surface area contributed by atoms with Crippen LogP contribution in [0.1, 0.15) is 75.6 Å². The van der Waals surface area contributed by atoms with Crippen LogP contribution in [0.2, 0.25) is 0 Å². The van der Waals surface area contributed by atoms with E-state index < -0.39 is 29.3 Å². The van der Waals surface area contributed by atoms with Gasteiger partial charge in [-0.05, 0) is 129 Å². The van der Waals surface area contributed by atoms with E-state index in [-0.39, 0.29) is 31.0 Å². The van der Waals surface area contributed by atoms with E-state index in [0.717, 1.165) is 82.2 Å². The highest BCUT2D eigenvalue weighted by Crippen LogP contribution is 2.54. The number of nitrogens with one attached hydrogen (secondary N) is 4. The second-order valence-corrected chi connectivity index (χ2v) is 21.4. The monoisotopic (exact) mass is 882 g/mol. The highest BCUT2D eigenvalue weighted by molar-refractivity contribution is 7.63. The number of rotatable bonds is 1. The summed E-state index contributed by atoms with van der Waals surface area (Å²) < 4.78 is 41.5. The first kappa shape index (κ1) is 40.2. The summed E-state index contributed by atoms with van der Waals surface area (Å²) in [6.45, 7) is 9.55. The number of hydrogen-bond donors (Lipinski definition) is 4. The quantitative estimate of drug-likeness (QED) is 0.123. The van der Waals surface area contributed by atoms with Crippen molar-refractivity contribution in [3.05, 3.63) is 197 Å². The van der Waals surface area contributed by atoms with Gasteiger partial charge in [-0.3, -0.25) is 0 Å². The minimum atomic E-state index is -3.97. The molecule has 1 fully saturated rings. The Morgan fingerprint density at radius 1 is 0.462 bits per heavy atom. The maximum Gasteiger partial charge on any atom is 0.462 e. The van der Waals surface area contributed by atoms with E-state index in [2.05, 4.69) is 134 Å². The van der Waals surface area contributed by atoms with Crippen LogP contribution in [0.3, 0.4) is 0 Å². The van der Waals surface area contributed by atoms with Crippen LogP contribution in [-0.2, 0) is 26.2 Å². The molecule has 10 heteroatoms. The van der Waals surface area contributed by atoms with Gasteiger partial charge in [0.05, 0.1) is 21.5 Å². The lowest BCUT2D eigenvalue weighted by Gasteiger charge is -2.47. The zero-order chi connectivity index (χ0) is 44.2. The molecule has 9 atom stereocenters. The van der Waals surface area contributed by atoms with Gasteiger partial charge in [0.2, 0.25) is 6.79 Å². The molecule has 0 amide bonds. The molecule has 1 saturated heterocycles. The SMILES string of the molecule is C[C@@]12C3=CCC(N3)[C@@]3(C)c4cccc(c4)OP(=O)(c4ccccc4)Oc4cccc(c4)[C@](C)(C4=CCC3N4)C3CC=C(N3)[C@@](C)(c3cccc(c3)OCOc3cccc1c3)C1CC=C2N1. The molecule has 0 radical (unpaired) electrons. The average Bonchev–Trinajstić information content (AvgIpc) is 4.19. The second kappa shape index (κ2) is 14.6. The third-order valence-electron chi connectivity index (χ3n) is 16.3. The lowest BCUT2D eigenvalue weighted by atomic mass is 9.68. The Morgan fingerprint density at radius 2 is 0.877 bits per heavy atom. The lowest BCUT2D eigenvalue weighted by Crippen LogP contribution is -2.58. The molecule has 7 aliphatic rings. The Balaban J connectivity index is 1.09. The first-order valence-corrected chi connectivity index (χ1v) is 24.6. The minimum Gasteiger partial charge on any atom is -0.457 e. The molecule has 0 aromatic heterocycles. The fourth-order valence-electron chi connectivity index (χ4n) is 12.1. The van der Waals surface area contributed by atoms with Crippen LogP contribution in [0, 0.1) is 0 Å². The number of hydrogen-bond acceptors (Lipinski definition) is 9. The normalized spacial score (nSPS) is 33.7. The summed E-state index contributed by atoms with van der Waals surface area (Å²) in [5.41, 5.74) is 6.84. The molecule has 5 aromatic carbocycles. The molecule has 12 rings (SSSR count). The van der Waals surface area contributed by atoms with Gasteiger partial charge in [0.1, 0.15) is 23.0 Å². The maximum absolute atomic E-state index is 15.4. The molecule has 0 saturated carbocycles. The fourth-order valence-corrected chi connectivity index (χ4v) is 13.6. The summed E-state index contributed by atoms with van der Waals surface area (Å²) in [4.78, 5) is 0. The highest BCUT2D eigenvalue weighted by atomic mass is 31.2. The van der Waals surface area contributed by atoms with Gasteiger partial charge >= 0.3 is 7.60 Å². The Hall–Kier alpha value is -6.31.